The molecule has 7 nitrogen and oxygen atoms in total. The number of hydrogen-bond acceptors (Lipinski definition) is 4. The van der Waals surface area contributed by atoms with Crippen LogP contribution in [0, 0.1) is 0 Å². The summed E-state index contributed by atoms with van der Waals surface area (Å²) in [7, 11) is 0. The van der Waals surface area contributed by atoms with Gasteiger partial charge in [-0.3, -0.25) is 4.79 Å². The van der Waals surface area contributed by atoms with Crippen molar-refractivity contribution in [1.29, 1.82) is 0 Å². The Morgan fingerprint density at radius 2 is 1.81 bits per heavy atom. The number of nitrogens with one attached hydrogen (secondary N) is 3. The molecule has 0 saturated carbocycles. The molecule has 0 radical (unpaired) electrons. The summed E-state index contributed by atoms with van der Waals surface area (Å²) in [5.41, 5.74) is 3.71. The first-order chi connectivity index (χ1) is 15.1. The molecule has 31 heavy (non-hydrogen) atoms. The van der Waals surface area contributed by atoms with Gasteiger partial charge in [0, 0.05) is 23.3 Å². The van der Waals surface area contributed by atoms with Crippen molar-refractivity contribution >= 4 is 28.7 Å². The van der Waals surface area contributed by atoms with Gasteiger partial charge in [0.1, 0.15) is 12.3 Å². The van der Waals surface area contributed by atoms with E-state index in [2.05, 4.69) is 20.6 Å². The Morgan fingerprint density at radius 3 is 2.58 bits per heavy atom. The maximum atomic E-state index is 12.6. The minimum Gasteiger partial charge on any atom is -0.445 e. The van der Waals surface area contributed by atoms with Crippen LogP contribution >= 0.6 is 0 Å². The molecule has 0 unspecified atom stereocenters. The second-order valence-corrected chi connectivity index (χ2v) is 7.10. The lowest BCUT2D eigenvalue weighted by molar-refractivity contribution is 0.102. The molecule has 2 aromatic carbocycles. The van der Waals surface area contributed by atoms with Crippen molar-refractivity contribution in [3.05, 3.63) is 95.8 Å². The van der Waals surface area contributed by atoms with Crippen molar-refractivity contribution in [2.45, 2.75) is 19.6 Å². The number of H-pyrrole nitrogens is 1. The normalized spacial score (nSPS) is 11.6. The average Bonchev–Trinajstić information content (AvgIpc) is 3.28. The monoisotopic (exact) mass is 414 g/mol. The number of aromatic nitrogens is 2. The molecule has 7 heteroatoms. The van der Waals surface area contributed by atoms with E-state index in [4.69, 9.17) is 4.74 Å². The Bertz CT molecular complexity index is 1190. The second-order valence-electron chi connectivity index (χ2n) is 7.10. The Labute approximate surface area is 179 Å². The quantitative estimate of drug-likeness (QED) is 0.422. The molecule has 0 fully saturated rings. The van der Waals surface area contributed by atoms with Gasteiger partial charge in [-0.1, -0.05) is 42.5 Å². The number of hydrogen-bond donors (Lipinski definition) is 3. The molecule has 4 rings (SSSR count). The smallest absolute Gasteiger partial charge is 0.407 e. The predicted octanol–water partition coefficient (Wildman–Crippen LogP) is 4.80. The van der Waals surface area contributed by atoms with Gasteiger partial charge in [-0.2, -0.15) is 0 Å². The van der Waals surface area contributed by atoms with Gasteiger partial charge in [0.2, 0.25) is 0 Å². The number of amides is 2. The van der Waals surface area contributed by atoms with Crippen LogP contribution in [0.3, 0.4) is 0 Å². The first-order valence-corrected chi connectivity index (χ1v) is 9.91. The Hall–Kier alpha value is -4.13. The molecular formula is C24H22N4O3. The zero-order valence-corrected chi connectivity index (χ0v) is 17.0. The van der Waals surface area contributed by atoms with Crippen molar-refractivity contribution in [1.82, 2.24) is 15.3 Å². The van der Waals surface area contributed by atoms with Crippen molar-refractivity contribution in [2.24, 2.45) is 0 Å². The highest BCUT2D eigenvalue weighted by Gasteiger charge is 2.13. The highest BCUT2D eigenvalue weighted by Crippen LogP contribution is 2.21. The third kappa shape index (κ3) is 4.90. The molecule has 4 aromatic rings. The topological polar surface area (TPSA) is 96.1 Å². The van der Waals surface area contributed by atoms with Crippen molar-refractivity contribution in [3.8, 4) is 0 Å². The molecule has 2 heterocycles. The van der Waals surface area contributed by atoms with Crippen LogP contribution in [0.4, 0.5) is 10.5 Å². The highest BCUT2D eigenvalue weighted by atomic mass is 16.5. The van der Waals surface area contributed by atoms with E-state index in [1.807, 2.05) is 55.5 Å². The van der Waals surface area contributed by atoms with Crippen LogP contribution in [0.15, 0.2) is 79.1 Å². The number of nitrogens with zero attached hydrogens (tertiary/aromatic N) is 1. The number of alkyl carbamates (subject to hydrolysis) is 1. The fourth-order valence-corrected chi connectivity index (χ4v) is 3.21. The first-order valence-electron chi connectivity index (χ1n) is 9.91. The number of fused-ring (bicyclic) bond motifs is 1. The molecule has 3 N–H and O–H groups in total. The minimum absolute atomic E-state index is 0.210. The van der Waals surface area contributed by atoms with Crippen LogP contribution in [0.5, 0.6) is 0 Å². The van der Waals surface area contributed by atoms with Crippen molar-refractivity contribution in [3.63, 3.8) is 0 Å². The summed E-state index contributed by atoms with van der Waals surface area (Å²) in [5.74, 6) is -0.219. The maximum Gasteiger partial charge on any atom is 0.407 e. The lowest BCUT2D eigenvalue weighted by Gasteiger charge is -2.15. The Morgan fingerprint density at radius 1 is 1.03 bits per heavy atom. The van der Waals surface area contributed by atoms with Gasteiger partial charge in [-0.25, -0.2) is 9.78 Å². The molecule has 156 valence electrons. The SMILES string of the molecule is C[C@@H](NC(=O)OCc1ccccc1)c1ccc(C(=O)Nc2ccnc3[nH]ccc23)cc1. The lowest BCUT2D eigenvalue weighted by atomic mass is 10.1. The standard InChI is InChI=1S/C24H22N4O3/c1-16(27-24(30)31-15-17-5-3-2-4-6-17)18-7-9-19(10-8-18)23(29)28-21-12-14-26-22-20(21)11-13-25-22/h2-14,16H,15H2,1H3,(H,27,30)(H2,25,26,28,29)/t16-/m1/s1. The Kier molecular flexibility index (Phi) is 5.93. The maximum absolute atomic E-state index is 12.6. The van der Waals surface area contributed by atoms with Gasteiger partial charge >= 0.3 is 6.09 Å². The van der Waals surface area contributed by atoms with Gasteiger partial charge in [-0.15, -0.1) is 0 Å². The molecule has 2 aromatic heterocycles. The van der Waals surface area contributed by atoms with E-state index in [1.54, 1.807) is 30.6 Å². The second kappa shape index (κ2) is 9.13. The summed E-state index contributed by atoms with van der Waals surface area (Å²) >= 11 is 0. The van der Waals surface area contributed by atoms with Crippen molar-refractivity contribution < 1.29 is 14.3 Å². The highest BCUT2D eigenvalue weighted by molar-refractivity contribution is 6.08. The largest absolute Gasteiger partial charge is 0.445 e. The van der Waals surface area contributed by atoms with Gasteiger partial charge in [0.15, 0.2) is 0 Å². The van der Waals surface area contributed by atoms with E-state index in [9.17, 15) is 9.59 Å². The van der Waals surface area contributed by atoms with Crippen LogP contribution in [-0.4, -0.2) is 22.0 Å². The van der Waals surface area contributed by atoms with E-state index in [-0.39, 0.29) is 18.6 Å². The van der Waals surface area contributed by atoms with E-state index in [0.717, 1.165) is 16.5 Å². The predicted molar refractivity (Wildman–Crippen MR) is 119 cm³/mol. The van der Waals surface area contributed by atoms with Crippen LogP contribution in [0.25, 0.3) is 11.0 Å². The zero-order valence-electron chi connectivity index (χ0n) is 17.0. The van der Waals surface area contributed by atoms with Crippen molar-refractivity contribution in [2.75, 3.05) is 5.32 Å². The van der Waals surface area contributed by atoms with E-state index in [0.29, 0.717) is 16.9 Å². The third-order valence-electron chi connectivity index (χ3n) is 4.93. The molecule has 0 saturated heterocycles. The molecular weight excluding hydrogens is 392 g/mol. The molecule has 0 spiro atoms. The zero-order chi connectivity index (χ0) is 21.6. The fraction of sp³-hybridized carbons (Fsp3) is 0.125. The number of aromatic amines is 1. The number of carbonyl (C=O) groups is 2. The number of rotatable bonds is 6. The van der Waals surface area contributed by atoms with Crippen LogP contribution in [0.1, 0.15) is 34.5 Å². The summed E-state index contributed by atoms with van der Waals surface area (Å²) in [6.45, 7) is 2.07. The molecule has 0 aliphatic heterocycles. The summed E-state index contributed by atoms with van der Waals surface area (Å²) in [6.07, 6.45) is 2.93. The van der Waals surface area contributed by atoms with E-state index in [1.165, 1.54) is 0 Å². The fourth-order valence-electron chi connectivity index (χ4n) is 3.21. The summed E-state index contributed by atoms with van der Waals surface area (Å²) in [4.78, 5) is 31.9. The van der Waals surface area contributed by atoms with Gasteiger partial charge in [0.25, 0.3) is 5.91 Å². The van der Waals surface area contributed by atoms with E-state index >= 15 is 0 Å². The minimum atomic E-state index is -0.494. The molecule has 2 amide bonds. The van der Waals surface area contributed by atoms with E-state index < -0.39 is 6.09 Å². The van der Waals surface area contributed by atoms with Gasteiger partial charge < -0.3 is 20.4 Å². The third-order valence-corrected chi connectivity index (χ3v) is 4.93. The molecule has 0 bridgehead atoms. The first kappa shape index (κ1) is 20.2. The van der Waals surface area contributed by atoms with Gasteiger partial charge in [-0.05, 0) is 42.3 Å². The number of carbonyl (C=O) groups excluding carboxylic acids is 2. The summed E-state index contributed by atoms with van der Waals surface area (Å²) in [6, 6.07) is 19.9. The number of pyridine rings is 1. The van der Waals surface area contributed by atoms with Crippen LogP contribution in [-0.2, 0) is 11.3 Å². The molecule has 0 aliphatic rings. The number of ether oxygens (including phenoxy) is 1. The average molecular weight is 414 g/mol. The Balaban J connectivity index is 1.34. The van der Waals surface area contributed by atoms with Crippen LogP contribution < -0.4 is 10.6 Å². The lowest BCUT2D eigenvalue weighted by Crippen LogP contribution is -2.27. The van der Waals surface area contributed by atoms with Crippen LogP contribution in [0.2, 0.25) is 0 Å². The number of benzene rings is 2. The number of anilines is 1. The summed E-state index contributed by atoms with van der Waals surface area (Å²) in [5, 5.41) is 6.56. The van der Waals surface area contributed by atoms with Gasteiger partial charge in [0.05, 0.1) is 11.7 Å². The molecule has 1 atom stereocenters. The molecule has 0 aliphatic carbocycles. The summed E-state index contributed by atoms with van der Waals surface area (Å²) < 4.78 is 5.26.